The highest BCUT2D eigenvalue weighted by Gasteiger charge is 2.41. The Morgan fingerprint density at radius 2 is 1.71 bits per heavy atom. The molecule has 1 aliphatic rings. The van der Waals surface area contributed by atoms with E-state index in [1.54, 1.807) is 24.3 Å². The molecule has 7 nitrogen and oxygen atoms in total. The van der Waals surface area contributed by atoms with Crippen LogP contribution in [0.3, 0.4) is 0 Å². The molecule has 0 aliphatic carbocycles. The maximum Gasteiger partial charge on any atom is 0.326 e. The summed E-state index contributed by atoms with van der Waals surface area (Å²) in [5.41, 5.74) is 1.41. The molecule has 2 atom stereocenters. The average Bonchev–Trinajstić information content (AvgIpc) is 3.14. The van der Waals surface area contributed by atoms with E-state index in [9.17, 15) is 19.5 Å². The second-order valence-corrected chi connectivity index (χ2v) is 6.91. The molecule has 0 bridgehead atoms. The van der Waals surface area contributed by atoms with Gasteiger partial charge in [0.2, 0.25) is 5.91 Å². The Kier molecular flexibility index (Phi) is 6.16. The number of nitrogens with zero attached hydrogens (tertiary/aromatic N) is 1. The fourth-order valence-electron chi connectivity index (χ4n) is 3.36. The number of halogens is 1. The zero-order chi connectivity index (χ0) is 20.1. The van der Waals surface area contributed by atoms with Crippen molar-refractivity contribution in [2.24, 2.45) is 0 Å². The van der Waals surface area contributed by atoms with Crippen LogP contribution in [0.5, 0.6) is 0 Å². The van der Waals surface area contributed by atoms with Crippen LogP contribution in [-0.2, 0) is 9.59 Å². The molecule has 0 spiro atoms. The first kappa shape index (κ1) is 19.7. The molecule has 8 heteroatoms. The number of hydrogen-bond acceptors (Lipinski definition) is 3. The molecule has 0 aromatic heterocycles. The van der Waals surface area contributed by atoms with E-state index in [4.69, 9.17) is 11.6 Å². The molecule has 28 heavy (non-hydrogen) atoms. The average molecular weight is 402 g/mol. The van der Waals surface area contributed by atoms with Gasteiger partial charge in [-0.3, -0.25) is 4.79 Å². The van der Waals surface area contributed by atoms with E-state index in [0.29, 0.717) is 23.6 Å². The number of benzene rings is 2. The smallest absolute Gasteiger partial charge is 0.326 e. The number of carbonyl (C=O) groups excluding carboxylic acids is 2. The molecule has 0 saturated carbocycles. The van der Waals surface area contributed by atoms with E-state index in [1.807, 2.05) is 30.3 Å². The van der Waals surface area contributed by atoms with Gasteiger partial charge < -0.3 is 20.6 Å². The molecule has 3 amide bonds. The lowest BCUT2D eigenvalue weighted by molar-refractivity contribution is -0.149. The lowest BCUT2D eigenvalue weighted by atomic mass is 10.0. The molecule has 1 aliphatic heterocycles. The molecule has 3 rings (SSSR count). The largest absolute Gasteiger partial charge is 0.480 e. The summed E-state index contributed by atoms with van der Waals surface area (Å²) in [6.45, 7) is -0.299. The number of nitrogens with one attached hydrogen (secondary N) is 2. The molecule has 1 fully saturated rings. The van der Waals surface area contributed by atoms with Crippen LogP contribution >= 0.6 is 11.6 Å². The van der Waals surface area contributed by atoms with E-state index < -0.39 is 23.9 Å². The summed E-state index contributed by atoms with van der Waals surface area (Å²) in [5.74, 6) is -1.48. The summed E-state index contributed by atoms with van der Waals surface area (Å²) < 4.78 is 0. The number of likely N-dealkylation sites (tertiary alicyclic amines) is 1. The number of aliphatic carboxylic acids is 1. The highest BCUT2D eigenvalue weighted by Crippen LogP contribution is 2.36. The Bertz CT molecular complexity index is 858. The van der Waals surface area contributed by atoms with E-state index in [2.05, 4.69) is 10.6 Å². The number of carboxylic acids is 1. The van der Waals surface area contributed by atoms with Crippen molar-refractivity contribution in [2.75, 3.05) is 11.9 Å². The first-order valence-corrected chi connectivity index (χ1v) is 9.23. The predicted octanol–water partition coefficient (Wildman–Crippen LogP) is 3.28. The van der Waals surface area contributed by atoms with Gasteiger partial charge in [-0.15, -0.1) is 0 Å². The van der Waals surface area contributed by atoms with Crippen LogP contribution in [0.15, 0.2) is 54.6 Å². The molecular weight excluding hydrogens is 382 g/mol. The highest BCUT2D eigenvalue weighted by molar-refractivity contribution is 6.30. The number of hydrogen-bond donors (Lipinski definition) is 3. The first-order chi connectivity index (χ1) is 13.5. The van der Waals surface area contributed by atoms with Gasteiger partial charge in [-0.2, -0.15) is 0 Å². The van der Waals surface area contributed by atoms with Gasteiger partial charge in [0.05, 0.1) is 12.6 Å². The Balaban J connectivity index is 1.65. The molecule has 0 radical (unpaired) electrons. The Morgan fingerprint density at radius 3 is 2.36 bits per heavy atom. The number of amides is 3. The lowest BCUT2D eigenvalue weighted by Gasteiger charge is -2.28. The zero-order valence-corrected chi connectivity index (χ0v) is 15.7. The fraction of sp³-hybridized carbons (Fsp3) is 0.250. The Hall–Kier alpha value is -3.06. The third kappa shape index (κ3) is 4.61. The van der Waals surface area contributed by atoms with E-state index in [0.717, 1.165) is 5.56 Å². The maximum absolute atomic E-state index is 12.7. The Labute approximate surface area is 167 Å². The van der Waals surface area contributed by atoms with Gasteiger partial charge >= 0.3 is 12.0 Å². The molecule has 2 unspecified atom stereocenters. The Morgan fingerprint density at radius 1 is 1.04 bits per heavy atom. The van der Waals surface area contributed by atoms with Crippen molar-refractivity contribution in [1.82, 2.24) is 10.2 Å². The second kappa shape index (κ2) is 8.75. The molecule has 146 valence electrons. The van der Waals surface area contributed by atoms with Gasteiger partial charge in [0, 0.05) is 10.7 Å². The summed E-state index contributed by atoms with van der Waals surface area (Å²) in [7, 11) is 0. The van der Waals surface area contributed by atoms with Crippen LogP contribution < -0.4 is 10.6 Å². The summed E-state index contributed by atoms with van der Waals surface area (Å²) >= 11 is 5.80. The summed E-state index contributed by atoms with van der Waals surface area (Å²) in [6.07, 6.45) is 0.932. The number of anilines is 1. The van der Waals surface area contributed by atoms with Crippen LogP contribution in [0.25, 0.3) is 0 Å². The molecule has 2 aromatic carbocycles. The van der Waals surface area contributed by atoms with Crippen LogP contribution in [0.1, 0.15) is 24.4 Å². The van der Waals surface area contributed by atoms with Crippen molar-refractivity contribution < 1.29 is 19.5 Å². The van der Waals surface area contributed by atoms with Crippen LogP contribution in [0.2, 0.25) is 5.02 Å². The molecule has 3 N–H and O–H groups in total. The third-order valence-electron chi connectivity index (χ3n) is 4.64. The standard InChI is InChI=1S/C20H20ClN3O4/c21-14-6-8-15(9-7-14)23-20(28)22-12-18(25)24-16(10-11-17(24)19(26)27)13-4-2-1-3-5-13/h1-9,16-17H,10-12H2,(H,26,27)(H2,22,23,28). The highest BCUT2D eigenvalue weighted by atomic mass is 35.5. The van der Waals surface area contributed by atoms with E-state index >= 15 is 0 Å². The van der Waals surface area contributed by atoms with Crippen molar-refractivity contribution in [2.45, 2.75) is 24.9 Å². The van der Waals surface area contributed by atoms with Gasteiger partial charge in [0.25, 0.3) is 0 Å². The van der Waals surface area contributed by atoms with Gasteiger partial charge in [-0.05, 0) is 42.7 Å². The van der Waals surface area contributed by atoms with Gasteiger partial charge in [-0.25, -0.2) is 9.59 Å². The third-order valence-corrected chi connectivity index (χ3v) is 4.90. The minimum atomic E-state index is -1.04. The van der Waals surface area contributed by atoms with E-state index in [1.165, 1.54) is 4.90 Å². The zero-order valence-electron chi connectivity index (χ0n) is 15.0. The minimum Gasteiger partial charge on any atom is -0.480 e. The predicted molar refractivity (Wildman–Crippen MR) is 105 cm³/mol. The number of rotatable bonds is 5. The monoisotopic (exact) mass is 401 g/mol. The number of carbonyl (C=O) groups is 3. The molecule has 1 saturated heterocycles. The molecule has 2 aromatic rings. The SMILES string of the molecule is O=C(NCC(=O)N1C(C(=O)O)CCC1c1ccccc1)Nc1ccc(Cl)cc1. The quantitative estimate of drug-likeness (QED) is 0.716. The molecular formula is C20H20ClN3O4. The van der Waals surface area contributed by atoms with Crippen LogP contribution in [0, 0.1) is 0 Å². The maximum atomic E-state index is 12.7. The van der Waals surface area contributed by atoms with Crippen molar-refractivity contribution in [3.8, 4) is 0 Å². The van der Waals surface area contributed by atoms with Gasteiger partial charge in [0.15, 0.2) is 0 Å². The first-order valence-electron chi connectivity index (χ1n) is 8.85. The van der Waals surface area contributed by atoms with E-state index in [-0.39, 0.29) is 12.6 Å². The lowest BCUT2D eigenvalue weighted by Crippen LogP contribution is -2.47. The van der Waals surface area contributed by atoms with Crippen molar-refractivity contribution in [3.05, 3.63) is 65.2 Å². The van der Waals surface area contributed by atoms with Crippen LogP contribution in [0.4, 0.5) is 10.5 Å². The van der Waals surface area contributed by atoms with Crippen molar-refractivity contribution >= 4 is 35.2 Å². The number of carboxylic acid groups (broad SMARTS) is 1. The van der Waals surface area contributed by atoms with Gasteiger partial charge in [0.1, 0.15) is 6.04 Å². The normalized spacial score (nSPS) is 18.5. The summed E-state index contributed by atoms with van der Waals surface area (Å²) in [4.78, 5) is 37.7. The minimum absolute atomic E-state index is 0.299. The molecule has 1 heterocycles. The van der Waals surface area contributed by atoms with Crippen LogP contribution in [-0.4, -0.2) is 40.5 Å². The second-order valence-electron chi connectivity index (χ2n) is 6.47. The summed E-state index contributed by atoms with van der Waals surface area (Å²) in [6, 6.07) is 14.1. The van der Waals surface area contributed by atoms with Crippen molar-refractivity contribution in [1.29, 1.82) is 0 Å². The summed E-state index contributed by atoms with van der Waals surface area (Å²) in [5, 5.41) is 15.1. The fourth-order valence-corrected chi connectivity index (χ4v) is 3.49. The van der Waals surface area contributed by atoms with Gasteiger partial charge in [-0.1, -0.05) is 41.9 Å². The van der Waals surface area contributed by atoms with Crippen molar-refractivity contribution in [3.63, 3.8) is 0 Å². The topological polar surface area (TPSA) is 98.7 Å². The number of urea groups is 1.